The van der Waals surface area contributed by atoms with Gasteiger partial charge in [0, 0.05) is 92.1 Å². The van der Waals surface area contributed by atoms with Gasteiger partial charge in [-0.25, -0.2) is 0 Å². The molecule has 4 aromatic carbocycles. The SMILES string of the molecule is CN1C(=CC=C2CC/C(=C\C=C3\N(C)c4ccc(Br)cc4C3(C)C)C2=[N+](c2ccccc2)c2ccccc2)C(C)(C)c2cc(Br)ccc21. The Kier molecular flexibility index (Phi) is 8.50. The largest absolute Gasteiger partial charge is 0.347 e. The van der Waals surface area contributed by atoms with Gasteiger partial charge in [-0.1, -0.05) is 108 Å². The van der Waals surface area contributed by atoms with Crippen LogP contribution in [0.25, 0.3) is 0 Å². The summed E-state index contributed by atoms with van der Waals surface area (Å²) in [4.78, 5) is 4.71. The maximum absolute atomic E-state index is 3.71. The zero-order valence-corrected chi connectivity index (χ0v) is 31.7. The van der Waals surface area contributed by atoms with Crippen LogP contribution in [-0.2, 0) is 10.8 Å². The highest BCUT2D eigenvalue weighted by Crippen LogP contribution is 2.49. The molecule has 4 aromatic rings. The molecule has 0 radical (unpaired) electrons. The fourth-order valence-corrected chi connectivity index (χ4v) is 8.58. The molecule has 5 heteroatoms. The average molecular weight is 761 g/mol. The van der Waals surface area contributed by atoms with Crippen molar-refractivity contribution in [2.24, 2.45) is 0 Å². The Morgan fingerprint density at radius 3 is 1.35 bits per heavy atom. The van der Waals surface area contributed by atoms with Gasteiger partial charge in [0.15, 0.2) is 0 Å². The van der Waals surface area contributed by atoms with Crippen LogP contribution in [0.15, 0.2) is 153 Å². The van der Waals surface area contributed by atoms with Crippen molar-refractivity contribution in [1.29, 1.82) is 0 Å². The van der Waals surface area contributed by atoms with E-state index in [0.717, 1.165) is 33.2 Å². The molecule has 1 aliphatic carbocycles. The minimum absolute atomic E-state index is 0.117. The minimum Gasteiger partial charge on any atom is -0.347 e. The van der Waals surface area contributed by atoms with Gasteiger partial charge in [0.05, 0.1) is 0 Å². The number of halogens is 2. The predicted molar refractivity (Wildman–Crippen MR) is 212 cm³/mol. The second-order valence-corrected chi connectivity index (χ2v) is 15.9. The predicted octanol–water partition coefficient (Wildman–Crippen LogP) is 11.8. The number of allylic oxidation sites excluding steroid dienone is 8. The Hall–Kier alpha value is -3.93. The summed E-state index contributed by atoms with van der Waals surface area (Å²) in [7, 11) is 4.39. The number of hydrogen-bond acceptors (Lipinski definition) is 2. The van der Waals surface area contributed by atoms with Crippen LogP contribution in [0.3, 0.4) is 0 Å². The number of anilines is 2. The molecule has 0 spiro atoms. The first-order valence-corrected chi connectivity index (χ1v) is 18.2. The van der Waals surface area contributed by atoms with Gasteiger partial charge in [-0.05, 0) is 72.5 Å². The summed E-state index contributed by atoms with van der Waals surface area (Å²) >= 11 is 7.42. The van der Waals surface area contributed by atoms with Gasteiger partial charge in [0.1, 0.15) is 0 Å². The number of benzene rings is 4. The zero-order valence-electron chi connectivity index (χ0n) is 28.6. The Balaban J connectivity index is 1.41. The molecule has 0 amide bonds. The summed E-state index contributed by atoms with van der Waals surface area (Å²) in [6.07, 6.45) is 11.4. The monoisotopic (exact) mass is 758 g/mol. The molecule has 242 valence electrons. The third-order valence-electron chi connectivity index (χ3n) is 10.4. The standard InChI is InChI=1S/C43H42Br2N3/c1-42(2)35-27-31(44)21-23-37(35)46(5)39(42)25-19-29-17-18-30(20-26-40-43(3,4)36-28-32(45)22-24-38(36)47(40)6)41(29)48(33-13-9-7-10-14-33)34-15-11-8-12-16-34/h7-16,19-28H,17-18H2,1-6H3/q+1. The fourth-order valence-electron chi connectivity index (χ4n) is 7.86. The molecule has 1 fully saturated rings. The molecular weight excluding hydrogens is 718 g/mol. The van der Waals surface area contributed by atoms with Crippen LogP contribution in [0.4, 0.5) is 22.7 Å². The quantitative estimate of drug-likeness (QED) is 0.192. The third kappa shape index (κ3) is 5.55. The molecule has 0 atom stereocenters. The number of likely N-dealkylation sites (N-methyl/N-ethyl adjacent to an activating group) is 2. The highest BCUT2D eigenvalue weighted by Gasteiger charge is 2.40. The summed E-state index contributed by atoms with van der Waals surface area (Å²) in [6.45, 7) is 9.33. The maximum atomic E-state index is 3.71. The van der Waals surface area contributed by atoms with Crippen LogP contribution in [0, 0.1) is 0 Å². The van der Waals surface area contributed by atoms with Crippen LogP contribution >= 0.6 is 31.9 Å². The van der Waals surface area contributed by atoms with Crippen molar-refractivity contribution in [3.05, 3.63) is 164 Å². The first-order valence-electron chi connectivity index (χ1n) is 16.7. The van der Waals surface area contributed by atoms with Gasteiger partial charge in [-0.2, -0.15) is 4.58 Å². The van der Waals surface area contributed by atoms with Gasteiger partial charge >= 0.3 is 0 Å². The normalized spacial score (nSPS) is 21.1. The molecule has 0 N–H and O–H groups in total. The highest BCUT2D eigenvalue weighted by atomic mass is 79.9. The number of nitrogens with zero attached hydrogens (tertiary/aromatic N) is 3. The van der Waals surface area contributed by atoms with E-state index in [1.54, 1.807) is 0 Å². The molecule has 0 unspecified atom stereocenters. The Morgan fingerprint density at radius 1 is 0.562 bits per heavy atom. The molecule has 7 rings (SSSR count). The van der Waals surface area contributed by atoms with Crippen molar-refractivity contribution in [1.82, 2.24) is 4.58 Å². The van der Waals surface area contributed by atoms with Gasteiger partial charge in [0.25, 0.3) is 0 Å². The van der Waals surface area contributed by atoms with Crippen LogP contribution in [0.5, 0.6) is 0 Å². The molecule has 0 bridgehead atoms. The molecular formula is C43H42Br2N3+. The van der Waals surface area contributed by atoms with Crippen LogP contribution < -0.4 is 14.4 Å². The van der Waals surface area contributed by atoms with Crippen molar-refractivity contribution in [2.45, 2.75) is 51.4 Å². The van der Waals surface area contributed by atoms with Crippen LogP contribution in [0.2, 0.25) is 0 Å². The number of rotatable bonds is 4. The van der Waals surface area contributed by atoms with Crippen LogP contribution in [-0.4, -0.2) is 19.8 Å². The van der Waals surface area contributed by atoms with Gasteiger partial charge < -0.3 is 9.80 Å². The Labute approximate surface area is 302 Å². The second kappa shape index (κ2) is 12.5. The lowest BCUT2D eigenvalue weighted by Crippen LogP contribution is -2.23. The summed E-state index contributed by atoms with van der Waals surface area (Å²) in [6, 6.07) is 34.9. The second-order valence-electron chi connectivity index (χ2n) is 14.0. The van der Waals surface area contributed by atoms with Crippen molar-refractivity contribution >= 4 is 60.3 Å². The molecule has 2 aliphatic heterocycles. The lowest BCUT2D eigenvalue weighted by Gasteiger charge is -2.24. The number of hydrogen-bond donors (Lipinski definition) is 0. The Bertz CT molecular complexity index is 1920. The van der Waals surface area contributed by atoms with E-state index >= 15 is 0 Å². The van der Waals surface area contributed by atoms with Crippen molar-refractivity contribution < 1.29 is 0 Å². The van der Waals surface area contributed by atoms with E-state index in [-0.39, 0.29) is 10.8 Å². The smallest absolute Gasteiger partial charge is 0.218 e. The van der Waals surface area contributed by atoms with E-state index in [1.807, 2.05) is 0 Å². The number of fused-ring (bicyclic) bond motifs is 2. The van der Waals surface area contributed by atoms with Crippen molar-refractivity contribution in [3.8, 4) is 0 Å². The molecule has 1 saturated carbocycles. The summed E-state index contributed by atoms with van der Waals surface area (Å²) in [5.41, 5.74) is 13.8. The molecule has 3 nitrogen and oxygen atoms in total. The lowest BCUT2D eigenvalue weighted by molar-refractivity contribution is 0.639. The van der Waals surface area contributed by atoms with Gasteiger partial charge in [-0.15, -0.1) is 0 Å². The lowest BCUT2D eigenvalue weighted by atomic mass is 9.83. The molecule has 3 aliphatic rings. The summed E-state index contributed by atoms with van der Waals surface area (Å²) < 4.78 is 4.68. The number of para-hydroxylation sites is 2. The molecule has 2 heterocycles. The van der Waals surface area contributed by atoms with E-state index in [1.165, 1.54) is 50.8 Å². The fraction of sp³-hybridized carbons (Fsp3) is 0.233. The summed E-state index contributed by atoms with van der Waals surface area (Å²) in [5, 5.41) is 0. The van der Waals surface area contributed by atoms with Crippen molar-refractivity contribution in [3.63, 3.8) is 0 Å². The Morgan fingerprint density at radius 2 is 0.958 bits per heavy atom. The summed E-state index contributed by atoms with van der Waals surface area (Å²) in [5.74, 6) is 0. The van der Waals surface area contributed by atoms with E-state index in [9.17, 15) is 0 Å². The molecule has 0 saturated heterocycles. The van der Waals surface area contributed by atoms with E-state index in [2.05, 4.69) is 209 Å². The first kappa shape index (κ1) is 32.6. The minimum atomic E-state index is -0.117. The van der Waals surface area contributed by atoms with E-state index in [0.29, 0.717) is 0 Å². The van der Waals surface area contributed by atoms with Crippen LogP contribution in [0.1, 0.15) is 51.7 Å². The average Bonchev–Trinajstić information content (AvgIpc) is 3.61. The van der Waals surface area contributed by atoms with E-state index < -0.39 is 0 Å². The zero-order chi connectivity index (χ0) is 33.8. The first-order chi connectivity index (χ1) is 23.0. The topological polar surface area (TPSA) is 9.49 Å². The maximum Gasteiger partial charge on any atom is 0.218 e. The third-order valence-corrected chi connectivity index (χ3v) is 11.4. The van der Waals surface area contributed by atoms with Crippen molar-refractivity contribution in [2.75, 3.05) is 23.9 Å². The van der Waals surface area contributed by atoms with Gasteiger partial charge in [-0.3, -0.25) is 0 Å². The van der Waals surface area contributed by atoms with E-state index in [4.69, 9.17) is 0 Å². The molecule has 0 aromatic heterocycles. The highest BCUT2D eigenvalue weighted by molar-refractivity contribution is 9.10. The van der Waals surface area contributed by atoms with Gasteiger partial charge in [0.2, 0.25) is 17.1 Å². The molecule has 48 heavy (non-hydrogen) atoms.